The summed E-state index contributed by atoms with van der Waals surface area (Å²) in [5, 5.41) is 10.3. The molecule has 2 N–H and O–H groups in total. The first-order chi connectivity index (χ1) is 6.56. The van der Waals surface area contributed by atoms with Crippen LogP contribution in [-0.4, -0.2) is 34.9 Å². The van der Waals surface area contributed by atoms with Gasteiger partial charge in [-0.1, -0.05) is 48.7 Å². The lowest BCUT2D eigenvalue weighted by molar-refractivity contribution is 0.399. The second-order valence-corrected chi connectivity index (χ2v) is 4.09. The van der Waals surface area contributed by atoms with Gasteiger partial charge < -0.3 is 10.4 Å². The van der Waals surface area contributed by atoms with E-state index >= 15 is 0 Å². The van der Waals surface area contributed by atoms with Gasteiger partial charge in [-0.15, -0.1) is 23.2 Å². The van der Waals surface area contributed by atoms with Crippen LogP contribution < -0.4 is 5.32 Å². The summed E-state index contributed by atoms with van der Waals surface area (Å²) in [6.07, 6.45) is 0. The van der Waals surface area contributed by atoms with Crippen LogP contribution in [0.4, 0.5) is 0 Å². The van der Waals surface area contributed by atoms with Crippen LogP contribution in [0.1, 0.15) is 13.8 Å². The van der Waals surface area contributed by atoms with Crippen molar-refractivity contribution in [2.45, 2.75) is 18.1 Å². The van der Waals surface area contributed by atoms with Crippen LogP contribution in [0, 0.1) is 0 Å². The number of halogens is 5. The van der Waals surface area contributed by atoms with E-state index < -0.39 is 4.30 Å². The Morgan fingerprint density at radius 1 is 1.00 bits per heavy atom. The van der Waals surface area contributed by atoms with Crippen molar-refractivity contribution in [3.63, 3.8) is 0 Å². The first-order valence-electron chi connectivity index (χ1n) is 3.76. The standard InChI is InChI=1S/C4H11N.CHCl3.CH2Cl2.CH4O/c1-3-5-4-2;2-1(3)4;2-1-3;1-2/h5H,3-4H2,1-2H3;1H;1H2;2H,1H3. The third-order valence-corrected chi connectivity index (χ3v) is 0.500. The number of aliphatic hydroxyl groups is 1. The molecule has 0 saturated heterocycles. The number of nitrogens with one attached hydrogen (secondary N) is 1. The number of hydrogen-bond acceptors (Lipinski definition) is 2. The summed E-state index contributed by atoms with van der Waals surface area (Å²) in [5.74, 6) is 0. The monoisotopic (exact) mass is 307 g/mol. The van der Waals surface area contributed by atoms with Crippen LogP contribution in [0.25, 0.3) is 0 Å². The summed E-state index contributed by atoms with van der Waals surface area (Å²) in [7, 11) is 1.00. The topological polar surface area (TPSA) is 32.3 Å². The molecule has 0 saturated carbocycles. The molecule has 0 heterocycles. The van der Waals surface area contributed by atoms with Gasteiger partial charge in [-0.25, -0.2) is 0 Å². The molecule has 0 unspecified atom stereocenters. The minimum Gasteiger partial charge on any atom is -0.400 e. The summed E-state index contributed by atoms with van der Waals surface area (Å²) in [5.41, 5.74) is 0. The van der Waals surface area contributed by atoms with Crippen LogP contribution in [0.2, 0.25) is 0 Å². The van der Waals surface area contributed by atoms with Crippen molar-refractivity contribution < 1.29 is 5.11 Å². The maximum Gasteiger partial charge on any atom is 0.180 e. The third-order valence-electron chi connectivity index (χ3n) is 0.500. The van der Waals surface area contributed by atoms with Crippen molar-refractivity contribution in [1.82, 2.24) is 5.32 Å². The summed E-state index contributed by atoms with van der Waals surface area (Å²) < 4.78 is -0.750. The van der Waals surface area contributed by atoms with E-state index in [2.05, 4.69) is 19.2 Å². The molecule has 0 aromatic rings. The van der Waals surface area contributed by atoms with Gasteiger partial charge in [0.1, 0.15) is 0 Å². The summed E-state index contributed by atoms with van der Waals surface area (Å²) in [6.45, 7) is 6.39. The van der Waals surface area contributed by atoms with Crippen LogP contribution >= 0.6 is 58.0 Å². The van der Waals surface area contributed by atoms with E-state index in [-0.39, 0.29) is 5.34 Å². The van der Waals surface area contributed by atoms with E-state index in [0.29, 0.717) is 0 Å². The molecule has 2 nitrogen and oxygen atoms in total. The highest BCUT2D eigenvalue weighted by atomic mass is 35.6. The third kappa shape index (κ3) is 180. The Labute approximate surface area is 112 Å². The minimum atomic E-state index is -0.750. The Morgan fingerprint density at radius 3 is 1.14 bits per heavy atom. The predicted octanol–water partition coefficient (Wildman–Crippen LogP) is 3.63. The number of hydrogen-bond donors (Lipinski definition) is 2. The van der Waals surface area contributed by atoms with Crippen molar-refractivity contribution in [2.75, 3.05) is 25.5 Å². The number of aliphatic hydroxyl groups excluding tert-OH is 1. The fraction of sp³-hybridized carbons (Fsp3) is 1.00. The predicted molar refractivity (Wildman–Crippen MR) is 70.3 cm³/mol. The Kier molecular flexibility index (Phi) is 64.3. The van der Waals surface area contributed by atoms with Gasteiger partial charge in [0.2, 0.25) is 0 Å². The van der Waals surface area contributed by atoms with Gasteiger partial charge in [0.25, 0.3) is 0 Å². The Hall–Kier alpha value is 1.37. The fourth-order valence-electron chi connectivity index (χ4n) is 0.250. The Morgan fingerprint density at radius 2 is 1.14 bits per heavy atom. The van der Waals surface area contributed by atoms with Crippen molar-refractivity contribution in [3.8, 4) is 0 Å². The summed E-state index contributed by atoms with van der Waals surface area (Å²) >= 11 is 23.9. The van der Waals surface area contributed by atoms with Crippen LogP contribution in [-0.2, 0) is 0 Å². The van der Waals surface area contributed by atoms with Crippen molar-refractivity contribution in [1.29, 1.82) is 0 Å². The zero-order valence-corrected chi connectivity index (χ0v) is 12.3. The molecule has 0 aromatic heterocycles. The molecule has 0 fully saturated rings. The van der Waals surface area contributed by atoms with Crippen molar-refractivity contribution in [3.05, 3.63) is 0 Å². The lowest BCUT2D eigenvalue weighted by Crippen LogP contribution is -2.09. The molecule has 0 aliphatic rings. The molecule has 0 bridgehead atoms. The highest BCUT2D eigenvalue weighted by molar-refractivity contribution is 6.63. The molecular weight excluding hydrogens is 291 g/mol. The van der Waals surface area contributed by atoms with E-state index in [4.69, 9.17) is 63.1 Å². The van der Waals surface area contributed by atoms with Crippen LogP contribution in [0.5, 0.6) is 0 Å². The molecule has 0 aromatic carbocycles. The minimum absolute atomic E-state index is 0.194. The first kappa shape index (κ1) is 24.6. The second kappa shape index (κ2) is 36.7. The molecule has 0 aliphatic heterocycles. The van der Waals surface area contributed by atoms with Gasteiger partial charge in [-0.3, -0.25) is 0 Å². The lowest BCUT2D eigenvalue weighted by Gasteiger charge is -1.86. The highest BCUT2D eigenvalue weighted by Crippen LogP contribution is 2.03. The molecule has 0 atom stereocenters. The van der Waals surface area contributed by atoms with Gasteiger partial charge in [0.05, 0.1) is 5.34 Å². The van der Waals surface area contributed by atoms with E-state index in [0.717, 1.165) is 20.2 Å². The van der Waals surface area contributed by atoms with E-state index in [1.807, 2.05) is 0 Å². The van der Waals surface area contributed by atoms with Gasteiger partial charge >= 0.3 is 0 Å². The first-order valence-corrected chi connectivity index (χ1v) is 6.14. The summed E-state index contributed by atoms with van der Waals surface area (Å²) in [4.78, 5) is 0. The number of rotatable bonds is 2. The quantitative estimate of drug-likeness (QED) is 0.763. The maximum atomic E-state index is 7.00. The molecule has 92 valence electrons. The molecule has 7 heteroatoms. The maximum absolute atomic E-state index is 7.00. The van der Waals surface area contributed by atoms with Crippen molar-refractivity contribution >= 4 is 58.0 Å². The van der Waals surface area contributed by atoms with Gasteiger partial charge in [-0.05, 0) is 13.1 Å². The Bertz CT molecular complexity index is 54.6. The normalized spacial score (nSPS) is 7.29. The molecule has 0 rings (SSSR count). The van der Waals surface area contributed by atoms with Gasteiger partial charge in [-0.2, -0.15) is 0 Å². The molecule has 0 amide bonds. The SMILES string of the molecule is CCNCC.CO.ClC(Cl)Cl.ClCCl. The Balaban J connectivity index is -0.0000000505. The fourth-order valence-corrected chi connectivity index (χ4v) is 0.250. The molecule has 0 radical (unpaired) electrons. The average Bonchev–Trinajstić information content (AvgIpc) is 2.09. The van der Waals surface area contributed by atoms with Gasteiger partial charge in [0, 0.05) is 7.11 Å². The molecule has 0 spiro atoms. The number of alkyl halides is 5. The molecule has 14 heavy (non-hydrogen) atoms. The molecular formula is C7H18Cl5NO. The smallest absolute Gasteiger partial charge is 0.180 e. The van der Waals surface area contributed by atoms with E-state index in [1.165, 1.54) is 0 Å². The second-order valence-electron chi connectivity index (χ2n) is 1.31. The largest absolute Gasteiger partial charge is 0.400 e. The van der Waals surface area contributed by atoms with Gasteiger partial charge in [0.15, 0.2) is 4.30 Å². The zero-order valence-electron chi connectivity index (χ0n) is 8.54. The van der Waals surface area contributed by atoms with E-state index in [1.54, 1.807) is 0 Å². The zero-order chi connectivity index (χ0) is 12.4. The van der Waals surface area contributed by atoms with E-state index in [9.17, 15) is 0 Å². The van der Waals surface area contributed by atoms with Crippen molar-refractivity contribution in [2.24, 2.45) is 0 Å². The average molecular weight is 309 g/mol. The molecule has 0 aliphatic carbocycles. The highest BCUT2D eigenvalue weighted by Gasteiger charge is 1.78. The lowest BCUT2D eigenvalue weighted by atomic mass is 10.7. The van der Waals surface area contributed by atoms with Crippen LogP contribution in [0.15, 0.2) is 0 Å². The van der Waals surface area contributed by atoms with Crippen LogP contribution in [0.3, 0.4) is 0 Å². The summed E-state index contributed by atoms with van der Waals surface area (Å²) in [6, 6.07) is 0.